The molecule has 1 N–H and O–H groups in total. The quantitative estimate of drug-likeness (QED) is 0.122. The van der Waals surface area contributed by atoms with Crippen LogP contribution in [0.4, 0.5) is 5.69 Å². The largest absolute Gasteiger partial charge is 0.501 e. The molecule has 1 aromatic heterocycles. The first kappa shape index (κ1) is 28.6. The van der Waals surface area contributed by atoms with Crippen LogP contribution in [0.2, 0.25) is 0 Å². The third kappa shape index (κ3) is 7.78. The number of hydrogen-bond acceptors (Lipinski definition) is 4. The highest BCUT2D eigenvalue weighted by Crippen LogP contribution is 2.27. The fraction of sp³-hybridized carbons (Fsp3) is 0.344. The van der Waals surface area contributed by atoms with Gasteiger partial charge in [-0.15, -0.1) is 0 Å². The van der Waals surface area contributed by atoms with Gasteiger partial charge >= 0.3 is 0 Å². The third-order valence-electron chi connectivity index (χ3n) is 6.56. The number of anilines is 1. The van der Waals surface area contributed by atoms with E-state index in [4.69, 9.17) is 9.47 Å². The first-order valence-electron chi connectivity index (χ1n) is 13.5. The summed E-state index contributed by atoms with van der Waals surface area (Å²) in [6.07, 6.45) is 20.9. The summed E-state index contributed by atoms with van der Waals surface area (Å²) in [7, 11) is 1.67. The van der Waals surface area contributed by atoms with Gasteiger partial charge in [-0.2, -0.15) is 0 Å². The van der Waals surface area contributed by atoms with Crippen LogP contribution in [-0.2, 0) is 9.53 Å². The highest BCUT2D eigenvalue weighted by Gasteiger charge is 2.26. The van der Waals surface area contributed by atoms with Gasteiger partial charge in [0.25, 0.3) is 5.91 Å². The predicted octanol–water partition coefficient (Wildman–Crippen LogP) is 6.83. The highest BCUT2D eigenvalue weighted by atomic mass is 16.5. The number of rotatable bonds is 15. The van der Waals surface area contributed by atoms with Gasteiger partial charge < -0.3 is 24.3 Å². The summed E-state index contributed by atoms with van der Waals surface area (Å²) in [4.78, 5) is 15.8. The van der Waals surface area contributed by atoms with E-state index in [0.29, 0.717) is 25.3 Å². The number of methoxy groups -OCH3 is 1. The van der Waals surface area contributed by atoms with E-state index in [9.17, 15) is 4.79 Å². The van der Waals surface area contributed by atoms with Gasteiger partial charge in [0, 0.05) is 37.1 Å². The Morgan fingerprint density at radius 3 is 2.74 bits per heavy atom. The van der Waals surface area contributed by atoms with E-state index >= 15 is 0 Å². The van der Waals surface area contributed by atoms with Crippen LogP contribution in [0.5, 0.6) is 5.75 Å². The number of aromatic nitrogens is 1. The molecule has 1 aromatic carbocycles. The van der Waals surface area contributed by atoms with Crippen molar-refractivity contribution in [3.63, 3.8) is 0 Å². The van der Waals surface area contributed by atoms with Crippen molar-refractivity contribution in [2.75, 3.05) is 32.1 Å². The SMILES string of the molecule is C=C/C(=C\C=C\OCC)C(=O)N(CCCNc1cc(OC)ccc1-n1cccc1)C(CC)C1=CC=CCC1. The average molecular weight is 516 g/mol. The van der Waals surface area contributed by atoms with E-state index in [1.807, 2.05) is 54.5 Å². The molecule has 1 amide bonds. The molecule has 0 spiro atoms. The van der Waals surface area contributed by atoms with Crippen molar-refractivity contribution >= 4 is 11.6 Å². The van der Waals surface area contributed by atoms with Crippen LogP contribution in [-0.4, -0.2) is 48.2 Å². The lowest BCUT2D eigenvalue weighted by Crippen LogP contribution is -2.43. The van der Waals surface area contributed by atoms with E-state index in [1.165, 1.54) is 5.57 Å². The lowest BCUT2D eigenvalue weighted by atomic mass is 9.94. The zero-order valence-corrected chi connectivity index (χ0v) is 22.9. The second-order valence-corrected chi connectivity index (χ2v) is 8.99. The van der Waals surface area contributed by atoms with Crippen LogP contribution in [0.3, 0.4) is 0 Å². The molecule has 202 valence electrons. The van der Waals surface area contributed by atoms with Crippen LogP contribution in [0.25, 0.3) is 5.69 Å². The summed E-state index contributed by atoms with van der Waals surface area (Å²) in [6, 6.07) is 10.1. The molecule has 1 aliphatic carbocycles. The molecule has 1 atom stereocenters. The van der Waals surface area contributed by atoms with Gasteiger partial charge in [-0.25, -0.2) is 0 Å². The van der Waals surface area contributed by atoms with E-state index in [-0.39, 0.29) is 11.9 Å². The van der Waals surface area contributed by atoms with E-state index < -0.39 is 0 Å². The Morgan fingerprint density at radius 2 is 2.08 bits per heavy atom. The molecule has 0 radical (unpaired) electrons. The highest BCUT2D eigenvalue weighted by molar-refractivity contribution is 5.96. The Morgan fingerprint density at radius 1 is 1.26 bits per heavy atom. The number of benzene rings is 1. The maximum atomic E-state index is 13.8. The van der Waals surface area contributed by atoms with Crippen molar-refractivity contribution in [3.05, 3.63) is 103 Å². The van der Waals surface area contributed by atoms with E-state index in [2.05, 4.69) is 41.6 Å². The Hall–Kier alpha value is -3.93. The second-order valence-electron chi connectivity index (χ2n) is 8.99. The summed E-state index contributed by atoms with van der Waals surface area (Å²) in [6.45, 7) is 9.89. The summed E-state index contributed by atoms with van der Waals surface area (Å²) < 4.78 is 12.8. The molecule has 0 fully saturated rings. The van der Waals surface area contributed by atoms with Crippen molar-refractivity contribution in [1.82, 2.24) is 9.47 Å². The smallest absolute Gasteiger partial charge is 0.254 e. The Bertz CT molecular complexity index is 1160. The molecule has 3 rings (SSSR count). The van der Waals surface area contributed by atoms with Gasteiger partial charge in [0.05, 0.1) is 37.4 Å². The van der Waals surface area contributed by atoms with Crippen LogP contribution in [0.15, 0.2) is 103 Å². The van der Waals surface area contributed by atoms with Crippen molar-refractivity contribution in [1.29, 1.82) is 0 Å². The molecule has 0 saturated carbocycles. The van der Waals surface area contributed by atoms with E-state index in [0.717, 1.165) is 42.8 Å². The fourth-order valence-corrected chi connectivity index (χ4v) is 4.64. The number of hydrogen-bond donors (Lipinski definition) is 1. The molecule has 6 heteroatoms. The van der Waals surface area contributed by atoms with Gasteiger partial charge in [-0.05, 0) is 74.6 Å². The number of allylic oxidation sites excluding steroid dienone is 5. The number of nitrogens with zero attached hydrogens (tertiary/aromatic N) is 2. The minimum absolute atomic E-state index is 0.0159. The second kappa shape index (κ2) is 15.4. The zero-order chi connectivity index (χ0) is 27.2. The molecule has 2 aromatic rings. The average Bonchev–Trinajstić information content (AvgIpc) is 3.50. The lowest BCUT2D eigenvalue weighted by Gasteiger charge is -2.34. The first-order valence-corrected chi connectivity index (χ1v) is 13.5. The Balaban J connectivity index is 1.78. The van der Waals surface area contributed by atoms with Crippen molar-refractivity contribution < 1.29 is 14.3 Å². The first-order chi connectivity index (χ1) is 18.6. The molecule has 6 nitrogen and oxygen atoms in total. The summed E-state index contributed by atoms with van der Waals surface area (Å²) in [5, 5.41) is 3.57. The van der Waals surface area contributed by atoms with Crippen LogP contribution in [0.1, 0.15) is 39.5 Å². The molecule has 1 unspecified atom stereocenters. The Kier molecular flexibility index (Phi) is 11.6. The molecule has 0 bridgehead atoms. The van der Waals surface area contributed by atoms with Gasteiger partial charge in [-0.1, -0.05) is 37.8 Å². The van der Waals surface area contributed by atoms with Crippen molar-refractivity contribution in [3.8, 4) is 11.4 Å². The lowest BCUT2D eigenvalue weighted by molar-refractivity contribution is -0.128. The summed E-state index contributed by atoms with van der Waals surface area (Å²) in [5.41, 5.74) is 3.89. The number of carbonyl (C=O) groups excluding carboxylic acids is 1. The standard InChI is InChI=1S/C32H41N3O3/c1-5-26(17-13-24-38-7-3)32(36)35(30(6-2)27-15-9-8-10-16-27)23-14-20-33-29-25-28(37-4)18-19-31(29)34-21-11-12-22-34/h5,8-9,11-13,15,17-19,21-22,24-25,30,33H,1,6-7,10,14,16,20,23H2,2-4H3/b24-13+,26-17+. The van der Waals surface area contributed by atoms with Crippen molar-refractivity contribution in [2.45, 2.75) is 45.6 Å². The number of amides is 1. The minimum atomic E-state index is -0.0159. The zero-order valence-electron chi connectivity index (χ0n) is 22.9. The monoisotopic (exact) mass is 515 g/mol. The van der Waals surface area contributed by atoms with Gasteiger partial charge in [0.2, 0.25) is 0 Å². The van der Waals surface area contributed by atoms with Crippen LogP contribution < -0.4 is 10.1 Å². The molecular formula is C32H41N3O3. The fourth-order valence-electron chi connectivity index (χ4n) is 4.64. The molecule has 1 aliphatic rings. The van der Waals surface area contributed by atoms with Gasteiger partial charge in [0.1, 0.15) is 5.75 Å². The molecule has 38 heavy (non-hydrogen) atoms. The normalized spacial score (nSPS) is 14.2. The topological polar surface area (TPSA) is 55.7 Å². The summed E-state index contributed by atoms with van der Waals surface area (Å²) >= 11 is 0. The van der Waals surface area contributed by atoms with Crippen LogP contribution in [0, 0.1) is 0 Å². The summed E-state index contributed by atoms with van der Waals surface area (Å²) in [5.74, 6) is 0.780. The molecule has 0 saturated heterocycles. The number of nitrogens with one attached hydrogen (secondary N) is 1. The Labute approximate surface area is 227 Å². The van der Waals surface area contributed by atoms with E-state index in [1.54, 1.807) is 31.6 Å². The van der Waals surface area contributed by atoms with Gasteiger partial charge in [0.15, 0.2) is 0 Å². The predicted molar refractivity (Wildman–Crippen MR) is 157 cm³/mol. The van der Waals surface area contributed by atoms with Crippen LogP contribution >= 0.6 is 0 Å². The molecule has 1 heterocycles. The van der Waals surface area contributed by atoms with Gasteiger partial charge in [-0.3, -0.25) is 4.79 Å². The minimum Gasteiger partial charge on any atom is -0.501 e. The third-order valence-corrected chi connectivity index (χ3v) is 6.56. The number of ether oxygens (including phenoxy) is 2. The van der Waals surface area contributed by atoms with Crippen molar-refractivity contribution in [2.24, 2.45) is 0 Å². The molecule has 0 aliphatic heterocycles. The maximum absolute atomic E-state index is 13.8. The molecular weight excluding hydrogens is 474 g/mol. The maximum Gasteiger partial charge on any atom is 0.254 e. The number of carbonyl (C=O) groups is 1.